The van der Waals surface area contributed by atoms with Gasteiger partial charge >= 0.3 is 0 Å². The fraction of sp³-hybridized carbons (Fsp3) is 0.212. The zero-order valence-corrected chi connectivity index (χ0v) is 22.3. The topological polar surface area (TPSA) is 57.4 Å². The van der Waals surface area contributed by atoms with Crippen molar-refractivity contribution >= 4 is 56.3 Å². The van der Waals surface area contributed by atoms with E-state index in [2.05, 4.69) is 52.8 Å². The third-order valence-electron chi connectivity index (χ3n) is 8.53. The van der Waals surface area contributed by atoms with Gasteiger partial charge in [-0.1, -0.05) is 42.0 Å². The van der Waals surface area contributed by atoms with Crippen LogP contribution in [0.1, 0.15) is 47.3 Å². The molecular formula is C33H27N3O2S. The van der Waals surface area contributed by atoms with E-state index in [-0.39, 0.29) is 5.91 Å². The summed E-state index contributed by atoms with van der Waals surface area (Å²) in [4.78, 5) is 19.0. The number of aromatic nitrogens is 1. The molecule has 2 aliphatic carbocycles. The summed E-state index contributed by atoms with van der Waals surface area (Å²) in [5, 5.41) is 6.69. The summed E-state index contributed by atoms with van der Waals surface area (Å²) in [6.45, 7) is 0.637. The molecule has 1 amide bonds. The number of allylic oxidation sites excluding steroid dienone is 6. The maximum Gasteiger partial charge on any atom is 0.274 e. The highest BCUT2D eigenvalue weighted by atomic mass is 32.1. The van der Waals surface area contributed by atoms with Gasteiger partial charge in [0, 0.05) is 28.9 Å². The van der Waals surface area contributed by atoms with Crippen LogP contribution in [0, 0.1) is 0 Å². The normalized spacial score (nSPS) is 17.4. The van der Waals surface area contributed by atoms with Gasteiger partial charge in [0.15, 0.2) is 0 Å². The zero-order chi connectivity index (χ0) is 26.1. The second-order valence-corrected chi connectivity index (χ2v) is 11.3. The first-order valence-electron chi connectivity index (χ1n) is 13.7. The summed E-state index contributed by atoms with van der Waals surface area (Å²) in [5.41, 5.74) is 10.5. The number of carbonyl (C=O) groups excluding carboxylic acids is 1. The second-order valence-electron chi connectivity index (χ2n) is 10.9. The number of nitrogens with zero attached hydrogens (tertiary/aromatic N) is 1. The average molecular weight is 530 g/mol. The quantitative estimate of drug-likeness (QED) is 0.269. The Hall–Kier alpha value is -4.16. The molecule has 2 aliphatic heterocycles. The van der Waals surface area contributed by atoms with Crippen LogP contribution in [0.5, 0.6) is 5.75 Å². The number of benzene rings is 3. The van der Waals surface area contributed by atoms with Crippen LogP contribution >= 0.6 is 12.2 Å². The number of amides is 1. The largest absolute Gasteiger partial charge is 0.431 e. The van der Waals surface area contributed by atoms with Crippen LogP contribution in [0.2, 0.25) is 0 Å². The standard InChI is InChI=1S/C33H27N3O2S/c37-32(36-13-12-24-25-6-3-7-27-31(25)30(18-29(24)36)38-33(39)35-27)28-17-23-14-19(10-11-26(23)34-28)8-9-20-15-21-4-1-2-5-22(21)16-20/h1,3-4,6-7,10-11,14,16-18,34H,2,5,8-9,12-13,15H2,(H,35,39). The van der Waals surface area contributed by atoms with Crippen molar-refractivity contribution in [3.8, 4) is 5.75 Å². The van der Waals surface area contributed by atoms with Crippen LogP contribution in [0.15, 0.2) is 83.5 Å². The number of H-pyrrole nitrogens is 1. The van der Waals surface area contributed by atoms with E-state index in [0.29, 0.717) is 23.2 Å². The Bertz CT molecular complexity index is 1840. The van der Waals surface area contributed by atoms with E-state index in [9.17, 15) is 4.79 Å². The summed E-state index contributed by atoms with van der Waals surface area (Å²) < 4.78 is 5.88. The van der Waals surface area contributed by atoms with E-state index in [1.54, 1.807) is 0 Å². The van der Waals surface area contributed by atoms with Crippen LogP contribution in [-0.2, 0) is 12.8 Å². The predicted molar refractivity (Wildman–Crippen MR) is 161 cm³/mol. The first kappa shape index (κ1) is 22.8. The number of hydrogen-bond donors (Lipinski definition) is 2. The molecule has 39 heavy (non-hydrogen) atoms. The summed E-state index contributed by atoms with van der Waals surface area (Å²) >= 11 is 5.31. The van der Waals surface area contributed by atoms with Crippen LogP contribution < -0.4 is 15.0 Å². The Kier molecular flexibility index (Phi) is 5.07. The minimum Gasteiger partial charge on any atom is -0.431 e. The predicted octanol–water partition coefficient (Wildman–Crippen LogP) is 7.52. The molecule has 1 aromatic heterocycles. The van der Waals surface area contributed by atoms with Gasteiger partial charge in [-0.3, -0.25) is 4.79 Å². The Morgan fingerprint density at radius 2 is 2.00 bits per heavy atom. The van der Waals surface area contributed by atoms with E-state index in [4.69, 9.17) is 17.0 Å². The summed E-state index contributed by atoms with van der Waals surface area (Å²) in [6, 6.07) is 16.6. The van der Waals surface area contributed by atoms with Gasteiger partial charge in [-0.25, -0.2) is 0 Å². The molecular weight excluding hydrogens is 502 g/mol. The van der Waals surface area contributed by atoms with Crippen molar-refractivity contribution in [2.45, 2.75) is 38.5 Å². The molecule has 4 aromatic rings. The SMILES string of the molecule is O=C(c1cc2cc(CCC3=CC4=C(C=CCC4)C3)ccc2[nH]1)N1CCc2c1cc1c3c(cccc23)NC(=S)O1. The van der Waals surface area contributed by atoms with E-state index in [1.807, 2.05) is 29.2 Å². The van der Waals surface area contributed by atoms with Crippen molar-refractivity contribution in [3.05, 3.63) is 100 Å². The third kappa shape index (κ3) is 3.73. The summed E-state index contributed by atoms with van der Waals surface area (Å²) in [6.07, 6.45) is 13.4. The zero-order valence-electron chi connectivity index (χ0n) is 21.5. The van der Waals surface area contributed by atoms with Gasteiger partial charge in [0.05, 0.1) is 11.4 Å². The van der Waals surface area contributed by atoms with Gasteiger partial charge in [0.1, 0.15) is 11.4 Å². The maximum absolute atomic E-state index is 13.8. The molecule has 4 aliphatic rings. The maximum atomic E-state index is 13.8. The number of anilines is 2. The van der Waals surface area contributed by atoms with Crippen LogP contribution in [-0.4, -0.2) is 22.6 Å². The third-order valence-corrected chi connectivity index (χ3v) is 8.72. The van der Waals surface area contributed by atoms with Gasteiger partial charge in [0.25, 0.3) is 11.1 Å². The number of hydrogen-bond acceptors (Lipinski definition) is 3. The number of carbonyl (C=O) groups is 1. The van der Waals surface area contributed by atoms with Gasteiger partial charge in [-0.2, -0.15) is 0 Å². The molecule has 2 N–H and O–H groups in total. The van der Waals surface area contributed by atoms with Crippen molar-refractivity contribution in [3.63, 3.8) is 0 Å². The molecule has 0 saturated carbocycles. The van der Waals surface area contributed by atoms with Crippen molar-refractivity contribution < 1.29 is 9.53 Å². The van der Waals surface area contributed by atoms with Gasteiger partial charge in [-0.15, -0.1) is 0 Å². The molecule has 6 heteroatoms. The fourth-order valence-corrected chi connectivity index (χ4v) is 6.84. The lowest BCUT2D eigenvalue weighted by molar-refractivity contribution is 0.0985. The molecule has 0 unspecified atom stereocenters. The molecule has 0 fully saturated rings. The highest BCUT2D eigenvalue weighted by Crippen LogP contribution is 2.45. The molecule has 3 aromatic carbocycles. The van der Waals surface area contributed by atoms with Crippen molar-refractivity contribution in [1.29, 1.82) is 0 Å². The van der Waals surface area contributed by atoms with Crippen LogP contribution in [0.25, 0.3) is 21.7 Å². The molecule has 3 heterocycles. The van der Waals surface area contributed by atoms with E-state index >= 15 is 0 Å². The van der Waals surface area contributed by atoms with Crippen molar-refractivity contribution in [2.24, 2.45) is 0 Å². The fourth-order valence-electron chi connectivity index (χ4n) is 6.64. The first-order valence-corrected chi connectivity index (χ1v) is 14.1. The number of nitrogens with one attached hydrogen (secondary N) is 2. The lowest BCUT2D eigenvalue weighted by Gasteiger charge is -2.23. The molecule has 0 saturated heterocycles. The Balaban J connectivity index is 1.05. The van der Waals surface area contributed by atoms with E-state index in [1.165, 1.54) is 34.3 Å². The van der Waals surface area contributed by atoms with E-state index in [0.717, 1.165) is 65.2 Å². The lowest BCUT2D eigenvalue weighted by atomic mass is 9.99. The highest BCUT2D eigenvalue weighted by Gasteiger charge is 2.31. The molecule has 0 radical (unpaired) electrons. The Morgan fingerprint density at radius 3 is 2.92 bits per heavy atom. The van der Waals surface area contributed by atoms with Crippen molar-refractivity contribution in [2.75, 3.05) is 16.8 Å². The molecule has 5 nitrogen and oxygen atoms in total. The molecule has 8 rings (SSSR count). The molecule has 0 bridgehead atoms. The van der Waals surface area contributed by atoms with E-state index < -0.39 is 0 Å². The summed E-state index contributed by atoms with van der Waals surface area (Å²) in [7, 11) is 0. The van der Waals surface area contributed by atoms with Crippen LogP contribution in [0.3, 0.4) is 0 Å². The number of aromatic amines is 1. The van der Waals surface area contributed by atoms with Crippen molar-refractivity contribution in [1.82, 2.24) is 4.98 Å². The number of aryl methyl sites for hydroxylation is 1. The minimum absolute atomic E-state index is 0.0217. The number of thiocarbonyl (C=S) groups is 1. The Morgan fingerprint density at radius 1 is 1.05 bits per heavy atom. The average Bonchev–Trinajstić information content (AvgIpc) is 3.67. The van der Waals surface area contributed by atoms with Gasteiger partial charge in [-0.05, 0) is 103 Å². The number of fused-ring (bicyclic) bond motifs is 3. The molecule has 0 atom stereocenters. The highest BCUT2D eigenvalue weighted by molar-refractivity contribution is 7.80. The lowest BCUT2D eigenvalue weighted by Crippen LogP contribution is -2.29. The Labute approximate surface area is 231 Å². The van der Waals surface area contributed by atoms with Gasteiger partial charge in [0.2, 0.25) is 0 Å². The van der Waals surface area contributed by atoms with Gasteiger partial charge < -0.3 is 19.9 Å². The smallest absolute Gasteiger partial charge is 0.274 e. The summed E-state index contributed by atoms with van der Waals surface area (Å²) in [5.74, 6) is 0.681. The van der Waals surface area contributed by atoms with Crippen LogP contribution in [0.4, 0.5) is 11.4 Å². The monoisotopic (exact) mass is 529 g/mol. The number of rotatable bonds is 4. The minimum atomic E-state index is -0.0217. The second kappa shape index (κ2) is 8.68. The molecule has 192 valence electrons. The number of ether oxygens (including phenoxy) is 1. The molecule has 0 spiro atoms. The first-order chi connectivity index (χ1) is 19.1.